The second-order valence-corrected chi connectivity index (χ2v) is 4.49. The minimum atomic E-state index is -1.34. The highest BCUT2D eigenvalue weighted by Crippen LogP contribution is 2.28. The lowest BCUT2D eigenvalue weighted by Gasteiger charge is -2.26. The minimum Gasteiger partial charge on any atom is -0.318 e. The third kappa shape index (κ3) is 2.61. The maximum absolute atomic E-state index is 13.2. The zero-order valence-corrected chi connectivity index (χ0v) is 10.1. The molecule has 5 heteroatoms. The Hall–Kier alpha value is -1.88. The summed E-state index contributed by atoms with van der Waals surface area (Å²) in [6.45, 7) is 1.47. The van der Waals surface area contributed by atoms with E-state index < -0.39 is 28.8 Å². The highest BCUT2D eigenvalue weighted by atomic mass is 19.2. The molecule has 0 spiro atoms. The van der Waals surface area contributed by atoms with Gasteiger partial charge in [0.25, 0.3) is 0 Å². The molecule has 1 atom stereocenters. The first kappa shape index (κ1) is 13.5. The van der Waals surface area contributed by atoms with E-state index in [2.05, 4.69) is 0 Å². The van der Waals surface area contributed by atoms with E-state index in [0.717, 1.165) is 24.3 Å². The quantitative estimate of drug-likeness (QED) is 0.830. The summed E-state index contributed by atoms with van der Waals surface area (Å²) in [5.41, 5.74) is 5.01. The zero-order chi connectivity index (χ0) is 14.2. The van der Waals surface area contributed by atoms with E-state index in [1.165, 1.54) is 13.0 Å². The van der Waals surface area contributed by atoms with Crippen LogP contribution in [0.5, 0.6) is 0 Å². The molecule has 0 aliphatic rings. The Kier molecular flexibility index (Phi) is 3.32. The Morgan fingerprint density at radius 3 is 1.89 bits per heavy atom. The average molecular weight is 269 g/mol. The summed E-state index contributed by atoms with van der Waals surface area (Å²) in [6.07, 6.45) is 0. The number of hydrogen-bond acceptors (Lipinski definition) is 1. The van der Waals surface area contributed by atoms with Crippen molar-refractivity contribution in [1.29, 1.82) is 0 Å². The average Bonchev–Trinajstić information content (AvgIpc) is 2.31. The van der Waals surface area contributed by atoms with Gasteiger partial charge in [-0.25, -0.2) is 17.6 Å². The lowest BCUT2D eigenvalue weighted by Crippen LogP contribution is -2.34. The molecule has 0 heterocycles. The van der Waals surface area contributed by atoms with Crippen LogP contribution < -0.4 is 5.73 Å². The molecule has 19 heavy (non-hydrogen) atoms. The van der Waals surface area contributed by atoms with Gasteiger partial charge in [-0.3, -0.25) is 0 Å². The molecule has 0 aliphatic heterocycles. The van der Waals surface area contributed by atoms with Gasteiger partial charge < -0.3 is 5.73 Å². The van der Waals surface area contributed by atoms with Crippen molar-refractivity contribution < 1.29 is 17.6 Å². The Morgan fingerprint density at radius 2 is 1.37 bits per heavy atom. The minimum absolute atomic E-state index is 0.135. The third-order valence-electron chi connectivity index (χ3n) is 2.98. The smallest absolute Gasteiger partial charge is 0.159 e. The monoisotopic (exact) mass is 269 g/mol. The van der Waals surface area contributed by atoms with Gasteiger partial charge in [0.15, 0.2) is 11.6 Å². The van der Waals surface area contributed by atoms with Crippen LogP contribution in [-0.4, -0.2) is 0 Å². The van der Waals surface area contributed by atoms with Gasteiger partial charge in [-0.1, -0.05) is 6.07 Å². The van der Waals surface area contributed by atoms with Crippen LogP contribution in [0.3, 0.4) is 0 Å². The fourth-order valence-electron chi connectivity index (χ4n) is 1.84. The van der Waals surface area contributed by atoms with E-state index in [9.17, 15) is 17.6 Å². The topological polar surface area (TPSA) is 26.0 Å². The Labute approximate surface area is 107 Å². The first-order valence-corrected chi connectivity index (χ1v) is 5.51. The molecule has 0 saturated carbocycles. The normalized spacial score (nSPS) is 14.2. The third-order valence-corrected chi connectivity index (χ3v) is 2.98. The molecule has 0 amide bonds. The molecule has 0 bridgehead atoms. The van der Waals surface area contributed by atoms with Crippen molar-refractivity contribution in [1.82, 2.24) is 0 Å². The number of rotatable bonds is 2. The summed E-state index contributed by atoms with van der Waals surface area (Å²) >= 11 is 0. The lowest BCUT2D eigenvalue weighted by molar-refractivity contribution is 0.498. The van der Waals surface area contributed by atoms with Crippen molar-refractivity contribution in [3.63, 3.8) is 0 Å². The molecule has 0 saturated heterocycles. The van der Waals surface area contributed by atoms with Gasteiger partial charge in [-0.2, -0.15) is 0 Å². The molecule has 2 N–H and O–H groups in total. The zero-order valence-electron chi connectivity index (χ0n) is 10.1. The van der Waals surface area contributed by atoms with Crippen LogP contribution in [0.2, 0.25) is 0 Å². The SMILES string of the molecule is CC(N)(c1cc(F)cc(F)c1)c1ccc(F)c(F)c1. The number of hydrogen-bond donors (Lipinski definition) is 1. The van der Waals surface area contributed by atoms with Gasteiger partial charge in [0, 0.05) is 6.07 Å². The number of nitrogens with two attached hydrogens (primary N) is 1. The molecule has 0 radical (unpaired) electrons. The summed E-state index contributed by atoms with van der Waals surface area (Å²) in [6, 6.07) is 5.95. The second kappa shape index (κ2) is 4.66. The van der Waals surface area contributed by atoms with Crippen LogP contribution in [-0.2, 0) is 5.54 Å². The van der Waals surface area contributed by atoms with Crippen LogP contribution >= 0.6 is 0 Å². The maximum atomic E-state index is 13.2. The van der Waals surface area contributed by atoms with E-state index in [4.69, 9.17) is 5.73 Å². The van der Waals surface area contributed by atoms with Gasteiger partial charge in [0.2, 0.25) is 0 Å². The van der Waals surface area contributed by atoms with Gasteiger partial charge in [-0.15, -0.1) is 0 Å². The molecule has 1 nitrogen and oxygen atoms in total. The van der Waals surface area contributed by atoms with Crippen molar-refractivity contribution in [3.8, 4) is 0 Å². The fourth-order valence-corrected chi connectivity index (χ4v) is 1.84. The molecule has 2 aromatic rings. The molecule has 2 aromatic carbocycles. The predicted octanol–water partition coefficient (Wildman–Crippen LogP) is 3.47. The molecule has 0 aromatic heterocycles. The number of benzene rings is 2. The first-order valence-electron chi connectivity index (χ1n) is 5.51. The van der Waals surface area contributed by atoms with Crippen molar-refractivity contribution >= 4 is 0 Å². The van der Waals surface area contributed by atoms with Gasteiger partial charge >= 0.3 is 0 Å². The summed E-state index contributed by atoms with van der Waals surface area (Å²) in [5, 5.41) is 0. The van der Waals surface area contributed by atoms with Crippen LogP contribution in [0.4, 0.5) is 17.6 Å². The molecule has 0 aliphatic carbocycles. The van der Waals surface area contributed by atoms with Crippen molar-refractivity contribution in [2.45, 2.75) is 12.5 Å². The van der Waals surface area contributed by atoms with Crippen molar-refractivity contribution in [2.24, 2.45) is 5.73 Å². The summed E-state index contributed by atoms with van der Waals surface area (Å²) < 4.78 is 52.5. The fraction of sp³-hybridized carbons (Fsp3) is 0.143. The summed E-state index contributed by atoms with van der Waals surface area (Å²) in [4.78, 5) is 0. The Morgan fingerprint density at radius 1 is 0.789 bits per heavy atom. The van der Waals surface area contributed by atoms with Crippen LogP contribution in [0.1, 0.15) is 18.1 Å². The lowest BCUT2D eigenvalue weighted by atomic mass is 9.85. The van der Waals surface area contributed by atoms with E-state index in [-0.39, 0.29) is 11.1 Å². The molecule has 1 unspecified atom stereocenters. The summed E-state index contributed by atoms with van der Waals surface area (Å²) in [5.74, 6) is -3.64. The van der Waals surface area contributed by atoms with E-state index >= 15 is 0 Å². The van der Waals surface area contributed by atoms with Gasteiger partial charge in [0.1, 0.15) is 11.6 Å². The van der Waals surface area contributed by atoms with Gasteiger partial charge in [0.05, 0.1) is 5.54 Å². The van der Waals surface area contributed by atoms with Crippen LogP contribution in [0.25, 0.3) is 0 Å². The van der Waals surface area contributed by atoms with Crippen LogP contribution in [0, 0.1) is 23.3 Å². The summed E-state index contributed by atoms with van der Waals surface area (Å²) in [7, 11) is 0. The Balaban J connectivity index is 2.54. The largest absolute Gasteiger partial charge is 0.318 e. The van der Waals surface area contributed by atoms with Crippen LogP contribution in [0.15, 0.2) is 36.4 Å². The predicted molar refractivity (Wildman–Crippen MR) is 63.4 cm³/mol. The molecule has 2 rings (SSSR count). The van der Waals surface area contributed by atoms with Crippen molar-refractivity contribution in [2.75, 3.05) is 0 Å². The van der Waals surface area contributed by atoms with E-state index in [0.29, 0.717) is 6.07 Å². The molecule has 0 fully saturated rings. The first-order chi connectivity index (χ1) is 8.80. The van der Waals surface area contributed by atoms with E-state index in [1.54, 1.807) is 0 Å². The molecule has 100 valence electrons. The second-order valence-electron chi connectivity index (χ2n) is 4.49. The highest BCUT2D eigenvalue weighted by Gasteiger charge is 2.26. The Bertz CT molecular complexity index is 603. The molecular weight excluding hydrogens is 258 g/mol. The van der Waals surface area contributed by atoms with Crippen molar-refractivity contribution in [3.05, 3.63) is 70.8 Å². The van der Waals surface area contributed by atoms with Gasteiger partial charge in [-0.05, 0) is 42.3 Å². The van der Waals surface area contributed by atoms with E-state index in [1.807, 2.05) is 0 Å². The standard InChI is InChI=1S/C14H11F4N/c1-14(19,8-2-3-12(17)13(18)6-8)9-4-10(15)7-11(16)5-9/h2-7H,19H2,1H3. The molecular formula is C14H11F4N. The highest BCUT2D eigenvalue weighted by molar-refractivity contribution is 5.37. The maximum Gasteiger partial charge on any atom is 0.159 e. The number of halogens is 4.